The van der Waals surface area contributed by atoms with Crippen molar-refractivity contribution >= 4 is 17.3 Å². The van der Waals surface area contributed by atoms with Gasteiger partial charge in [-0.25, -0.2) is 0 Å². The van der Waals surface area contributed by atoms with Gasteiger partial charge in [0, 0.05) is 45.3 Å². The number of hydrogen-bond donors (Lipinski definition) is 0. The summed E-state index contributed by atoms with van der Waals surface area (Å²) >= 11 is 0. The molecule has 0 spiro atoms. The number of nitriles is 1. The Morgan fingerprint density at radius 2 is 1.88 bits per heavy atom. The number of morpholine rings is 1. The van der Waals surface area contributed by atoms with Crippen molar-refractivity contribution in [2.24, 2.45) is 0 Å². The molecule has 9 nitrogen and oxygen atoms in total. The predicted molar refractivity (Wildman–Crippen MR) is 93.9 cm³/mol. The molecule has 3 rings (SSSR count). The minimum absolute atomic E-state index is 0.0166. The first-order valence-electron chi connectivity index (χ1n) is 8.60. The number of nitro groups is 1. The van der Waals surface area contributed by atoms with Crippen LogP contribution in [-0.4, -0.2) is 79.7 Å². The highest BCUT2D eigenvalue weighted by molar-refractivity contribution is 5.78. The monoisotopic (exact) mass is 359 g/mol. The number of carbonyl (C=O) groups excluding carboxylic acids is 1. The van der Waals surface area contributed by atoms with E-state index in [-0.39, 0.29) is 11.6 Å². The van der Waals surface area contributed by atoms with Gasteiger partial charge in [0.15, 0.2) is 0 Å². The molecule has 1 amide bonds. The van der Waals surface area contributed by atoms with Crippen molar-refractivity contribution in [2.75, 3.05) is 63.9 Å². The van der Waals surface area contributed by atoms with Crippen LogP contribution in [0.4, 0.5) is 11.4 Å². The third kappa shape index (κ3) is 4.09. The third-order valence-electron chi connectivity index (χ3n) is 4.74. The predicted octanol–water partition coefficient (Wildman–Crippen LogP) is 0.447. The first-order chi connectivity index (χ1) is 12.6. The molecule has 2 saturated heterocycles. The molecule has 0 aromatic heterocycles. The SMILES string of the molecule is N#Cc1ccc([N+](=O)[O-])c(N2CCN(C(=O)CN3CCOCC3)CC2)c1. The second-order valence-corrected chi connectivity index (χ2v) is 6.33. The summed E-state index contributed by atoms with van der Waals surface area (Å²) in [5, 5.41) is 20.3. The molecule has 2 aliphatic heterocycles. The molecule has 138 valence electrons. The van der Waals surface area contributed by atoms with Gasteiger partial charge in [-0.1, -0.05) is 0 Å². The largest absolute Gasteiger partial charge is 0.379 e. The van der Waals surface area contributed by atoms with Crippen molar-refractivity contribution in [3.63, 3.8) is 0 Å². The molecule has 1 aromatic rings. The topological polar surface area (TPSA) is 103 Å². The molecule has 0 radical (unpaired) electrons. The quantitative estimate of drug-likeness (QED) is 0.568. The Bertz CT molecular complexity index is 718. The molecule has 0 unspecified atom stereocenters. The summed E-state index contributed by atoms with van der Waals surface area (Å²) in [6.45, 7) is 5.24. The van der Waals surface area contributed by atoms with E-state index in [0.717, 1.165) is 13.1 Å². The summed E-state index contributed by atoms with van der Waals surface area (Å²) in [5.41, 5.74) is 0.808. The Balaban J connectivity index is 1.62. The molecule has 0 saturated carbocycles. The van der Waals surface area contributed by atoms with Crippen LogP contribution in [0.25, 0.3) is 0 Å². The lowest BCUT2D eigenvalue weighted by atomic mass is 10.1. The van der Waals surface area contributed by atoms with Crippen molar-refractivity contribution in [2.45, 2.75) is 0 Å². The maximum atomic E-state index is 12.5. The lowest BCUT2D eigenvalue weighted by Crippen LogP contribution is -2.52. The van der Waals surface area contributed by atoms with E-state index in [2.05, 4.69) is 4.90 Å². The van der Waals surface area contributed by atoms with E-state index < -0.39 is 4.92 Å². The first-order valence-corrected chi connectivity index (χ1v) is 8.60. The molecule has 2 fully saturated rings. The Labute approximate surface area is 151 Å². The average molecular weight is 359 g/mol. The normalized spacial score (nSPS) is 18.4. The second kappa shape index (κ2) is 8.12. The number of nitrogens with zero attached hydrogens (tertiary/aromatic N) is 5. The van der Waals surface area contributed by atoms with Crippen LogP contribution in [0.15, 0.2) is 18.2 Å². The van der Waals surface area contributed by atoms with Crippen LogP contribution in [0.2, 0.25) is 0 Å². The Hall–Kier alpha value is -2.70. The first kappa shape index (κ1) is 18.1. The van der Waals surface area contributed by atoms with E-state index in [0.29, 0.717) is 57.2 Å². The summed E-state index contributed by atoms with van der Waals surface area (Å²) in [7, 11) is 0. The van der Waals surface area contributed by atoms with Crippen LogP contribution < -0.4 is 4.90 Å². The van der Waals surface area contributed by atoms with E-state index >= 15 is 0 Å². The van der Waals surface area contributed by atoms with Crippen LogP contribution in [-0.2, 0) is 9.53 Å². The molecule has 0 aliphatic carbocycles. The molecular formula is C17H21N5O4. The van der Waals surface area contributed by atoms with Crippen molar-refractivity contribution in [1.82, 2.24) is 9.80 Å². The fourth-order valence-electron chi connectivity index (χ4n) is 3.25. The highest BCUT2D eigenvalue weighted by Crippen LogP contribution is 2.30. The molecular weight excluding hydrogens is 338 g/mol. The lowest BCUT2D eigenvalue weighted by molar-refractivity contribution is -0.384. The van der Waals surface area contributed by atoms with Crippen LogP contribution in [0.1, 0.15) is 5.56 Å². The zero-order chi connectivity index (χ0) is 18.5. The smallest absolute Gasteiger partial charge is 0.292 e. The van der Waals surface area contributed by atoms with Gasteiger partial charge in [-0.05, 0) is 12.1 Å². The number of anilines is 1. The van der Waals surface area contributed by atoms with Gasteiger partial charge < -0.3 is 14.5 Å². The Morgan fingerprint density at radius 1 is 1.19 bits per heavy atom. The zero-order valence-electron chi connectivity index (χ0n) is 14.5. The average Bonchev–Trinajstić information content (AvgIpc) is 2.68. The van der Waals surface area contributed by atoms with Crippen molar-refractivity contribution in [3.05, 3.63) is 33.9 Å². The van der Waals surface area contributed by atoms with E-state index in [1.807, 2.05) is 11.0 Å². The minimum Gasteiger partial charge on any atom is -0.379 e. The van der Waals surface area contributed by atoms with Crippen LogP contribution in [0, 0.1) is 21.4 Å². The highest BCUT2D eigenvalue weighted by atomic mass is 16.6. The number of piperazine rings is 1. The number of rotatable bonds is 4. The van der Waals surface area contributed by atoms with Gasteiger partial charge in [-0.15, -0.1) is 0 Å². The van der Waals surface area contributed by atoms with Crippen molar-refractivity contribution in [3.8, 4) is 6.07 Å². The van der Waals surface area contributed by atoms with E-state index in [9.17, 15) is 14.9 Å². The van der Waals surface area contributed by atoms with Gasteiger partial charge in [0.05, 0.1) is 36.3 Å². The molecule has 0 N–H and O–H groups in total. The number of ether oxygens (including phenoxy) is 1. The summed E-state index contributed by atoms with van der Waals surface area (Å²) in [4.78, 5) is 29.0. The maximum absolute atomic E-state index is 12.5. The highest BCUT2D eigenvalue weighted by Gasteiger charge is 2.27. The number of carbonyl (C=O) groups is 1. The van der Waals surface area contributed by atoms with Crippen molar-refractivity contribution < 1.29 is 14.5 Å². The van der Waals surface area contributed by atoms with E-state index in [1.165, 1.54) is 12.1 Å². The second-order valence-electron chi connectivity index (χ2n) is 6.33. The summed E-state index contributed by atoms with van der Waals surface area (Å²) in [6, 6.07) is 6.37. The molecule has 0 atom stereocenters. The third-order valence-corrected chi connectivity index (χ3v) is 4.74. The Kier molecular flexibility index (Phi) is 5.65. The van der Waals surface area contributed by atoms with Gasteiger partial charge in [0.25, 0.3) is 5.69 Å². The fourth-order valence-corrected chi connectivity index (χ4v) is 3.25. The molecule has 1 aromatic carbocycles. The molecule has 2 heterocycles. The van der Waals surface area contributed by atoms with Gasteiger partial charge in [0.2, 0.25) is 5.91 Å². The van der Waals surface area contributed by atoms with E-state index in [1.54, 1.807) is 11.0 Å². The summed E-state index contributed by atoms with van der Waals surface area (Å²) in [5.74, 6) is 0.0758. The number of hydrogen-bond acceptors (Lipinski definition) is 7. The summed E-state index contributed by atoms with van der Waals surface area (Å²) in [6.07, 6.45) is 0. The molecule has 9 heteroatoms. The maximum Gasteiger partial charge on any atom is 0.292 e. The lowest BCUT2D eigenvalue weighted by Gasteiger charge is -2.37. The zero-order valence-corrected chi connectivity index (χ0v) is 14.5. The van der Waals surface area contributed by atoms with Crippen molar-refractivity contribution in [1.29, 1.82) is 5.26 Å². The number of benzene rings is 1. The van der Waals surface area contributed by atoms with Crippen LogP contribution in [0.3, 0.4) is 0 Å². The summed E-state index contributed by atoms with van der Waals surface area (Å²) < 4.78 is 5.29. The fraction of sp³-hybridized carbons (Fsp3) is 0.529. The van der Waals surface area contributed by atoms with Gasteiger partial charge >= 0.3 is 0 Å². The standard InChI is InChI=1S/C17H21N5O4/c18-12-14-1-2-15(22(24)25)16(11-14)20-3-5-21(6-4-20)17(23)13-19-7-9-26-10-8-19/h1-2,11H,3-10,13H2. The van der Waals surface area contributed by atoms with Gasteiger partial charge in [0.1, 0.15) is 5.69 Å². The molecule has 26 heavy (non-hydrogen) atoms. The Morgan fingerprint density at radius 3 is 2.50 bits per heavy atom. The van der Waals surface area contributed by atoms with E-state index in [4.69, 9.17) is 10.00 Å². The number of nitro benzene ring substituents is 1. The molecule has 0 bridgehead atoms. The van der Waals surface area contributed by atoms with Crippen LogP contribution in [0.5, 0.6) is 0 Å². The minimum atomic E-state index is -0.438. The molecule has 2 aliphatic rings. The number of amides is 1. The van der Waals surface area contributed by atoms with Crippen LogP contribution >= 0.6 is 0 Å². The van der Waals surface area contributed by atoms with Gasteiger partial charge in [-0.3, -0.25) is 19.8 Å². The van der Waals surface area contributed by atoms with Gasteiger partial charge in [-0.2, -0.15) is 5.26 Å².